The van der Waals surface area contributed by atoms with Gasteiger partial charge in [-0.1, -0.05) is 6.07 Å². The van der Waals surface area contributed by atoms with E-state index in [0.29, 0.717) is 12.2 Å². The molecule has 4 heteroatoms. The van der Waals surface area contributed by atoms with Crippen LogP contribution in [0.2, 0.25) is 0 Å². The van der Waals surface area contributed by atoms with Crippen molar-refractivity contribution in [3.63, 3.8) is 0 Å². The SMILES string of the molecule is NCc1cc(C(N)=O)n2ccccc12. The Kier molecular flexibility index (Phi) is 1.98. The molecule has 72 valence electrons. The normalized spacial score (nSPS) is 10.6. The Balaban J connectivity index is 2.80. The lowest BCUT2D eigenvalue weighted by molar-refractivity contribution is 0.0995. The van der Waals surface area contributed by atoms with Crippen LogP contribution >= 0.6 is 0 Å². The van der Waals surface area contributed by atoms with E-state index in [-0.39, 0.29) is 0 Å². The Hall–Kier alpha value is -1.81. The lowest BCUT2D eigenvalue weighted by Gasteiger charge is -1.97. The van der Waals surface area contributed by atoms with Crippen molar-refractivity contribution in [2.24, 2.45) is 11.5 Å². The van der Waals surface area contributed by atoms with Crippen molar-refractivity contribution in [1.29, 1.82) is 0 Å². The monoisotopic (exact) mass is 189 g/mol. The van der Waals surface area contributed by atoms with Crippen molar-refractivity contribution < 1.29 is 4.79 Å². The Labute approximate surface area is 81.1 Å². The smallest absolute Gasteiger partial charge is 0.265 e. The summed E-state index contributed by atoms with van der Waals surface area (Å²) in [6, 6.07) is 7.39. The van der Waals surface area contributed by atoms with Gasteiger partial charge < -0.3 is 15.9 Å². The first-order valence-electron chi connectivity index (χ1n) is 4.33. The van der Waals surface area contributed by atoms with Crippen LogP contribution in [0, 0.1) is 0 Å². The summed E-state index contributed by atoms with van der Waals surface area (Å²) in [7, 11) is 0. The highest BCUT2D eigenvalue weighted by Gasteiger charge is 2.10. The molecular weight excluding hydrogens is 178 g/mol. The quantitative estimate of drug-likeness (QED) is 0.721. The Morgan fingerprint density at radius 3 is 2.86 bits per heavy atom. The van der Waals surface area contributed by atoms with Crippen molar-refractivity contribution in [3.8, 4) is 0 Å². The molecule has 4 nitrogen and oxygen atoms in total. The fraction of sp³-hybridized carbons (Fsp3) is 0.100. The lowest BCUT2D eigenvalue weighted by atomic mass is 10.2. The molecule has 0 aliphatic carbocycles. The summed E-state index contributed by atoms with van der Waals surface area (Å²) in [5.41, 5.74) is 13.1. The maximum atomic E-state index is 11.1. The average molecular weight is 189 g/mol. The van der Waals surface area contributed by atoms with Gasteiger partial charge in [0.1, 0.15) is 5.69 Å². The molecule has 0 aliphatic rings. The summed E-state index contributed by atoms with van der Waals surface area (Å²) in [4.78, 5) is 11.1. The highest BCUT2D eigenvalue weighted by molar-refractivity contribution is 5.93. The predicted octanol–water partition coefficient (Wildman–Crippen LogP) is 0.497. The second kappa shape index (κ2) is 3.16. The maximum absolute atomic E-state index is 11.1. The molecule has 0 aromatic carbocycles. The van der Waals surface area contributed by atoms with Crippen molar-refractivity contribution in [2.45, 2.75) is 6.54 Å². The van der Waals surface area contributed by atoms with E-state index >= 15 is 0 Å². The molecule has 0 fully saturated rings. The molecule has 1 amide bonds. The second-order valence-electron chi connectivity index (χ2n) is 3.08. The van der Waals surface area contributed by atoms with E-state index in [0.717, 1.165) is 11.1 Å². The molecule has 0 saturated carbocycles. The van der Waals surface area contributed by atoms with Crippen molar-refractivity contribution in [2.75, 3.05) is 0 Å². The molecule has 0 aliphatic heterocycles. The lowest BCUT2D eigenvalue weighted by Crippen LogP contribution is -2.13. The number of rotatable bonds is 2. The van der Waals surface area contributed by atoms with Crippen molar-refractivity contribution in [1.82, 2.24) is 4.40 Å². The van der Waals surface area contributed by atoms with Gasteiger partial charge in [-0.3, -0.25) is 4.79 Å². The van der Waals surface area contributed by atoms with Crippen LogP contribution in [0.3, 0.4) is 0 Å². The van der Waals surface area contributed by atoms with E-state index in [1.54, 1.807) is 16.7 Å². The molecule has 0 atom stereocenters. The van der Waals surface area contributed by atoms with Gasteiger partial charge in [0.15, 0.2) is 0 Å². The highest BCUT2D eigenvalue weighted by Crippen LogP contribution is 2.15. The molecular formula is C10H11N3O. The van der Waals surface area contributed by atoms with Crippen LogP contribution < -0.4 is 11.5 Å². The first-order valence-corrected chi connectivity index (χ1v) is 4.33. The fourth-order valence-corrected chi connectivity index (χ4v) is 1.58. The van der Waals surface area contributed by atoms with Crippen LogP contribution in [0.4, 0.5) is 0 Å². The zero-order valence-electron chi connectivity index (χ0n) is 7.60. The number of pyridine rings is 1. The summed E-state index contributed by atoms with van der Waals surface area (Å²) in [5, 5.41) is 0. The average Bonchev–Trinajstić information content (AvgIpc) is 2.56. The number of primary amides is 1. The van der Waals surface area contributed by atoms with Gasteiger partial charge in [-0.15, -0.1) is 0 Å². The Bertz CT molecular complexity index is 487. The van der Waals surface area contributed by atoms with Crippen LogP contribution in [0.1, 0.15) is 16.1 Å². The predicted molar refractivity (Wildman–Crippen MR) is 53.8 cm³/mol. The van der Waals surface area contributed by atoms with E-state index in [4.69, 9.17) is 11.5 Å². The maximum Gasteiger partial charge on any atom is 0.265 e. The number of carbonyl (C=O) groups is 1. The molecule has 14 heavy (non-hydrogen) atoms. The molecule has 2 aromatic heterocycles. The van der Waals surface area contributed by atoms with Gasteiger partial charge in [0.2, 0.25) is 0 Å². The van der Waals surface area contributed by atoms with Crippen molar-refractivity contribution in [3.05, 3.63) is 41.7 Å². The standard InChI is InChI=1S/C10H11N3O/c11-6-7-5-9(10(12)14)13-4-2-1-3-8(7)13/h1-5H,6,11H2,(H2,12,14). The van der Waals surface area contributed by atoms with Gasteiger partial charge in [0, 0.05) is 12.7 Å². The largest absolute Gasteiger partial charge is 0.364 e. The van der Waals surface area contributed by atoms with Crippen LogP contribution in [-0.2, 0) is 6.54 Å². The van der Waals surface area contributed by atoms with Gasteiger partial charge in [0.25, 0.3) is 5.91 Å². The van der Waals surface area contributed by atoms with Gasteiger partial charge in [0.05, 0.1) is 5.52 Å². The molecule has 0 spiro atoms. The van der Waals surface area contributed by atoms with E-state index in [1.807, 2.05) is 18.2 Å². The minimum atomic E-state index is -0.439. The Morgan fingerprint density at radius 1 is 1.43 bits per heavy atom. The molecule has 0 radical (unpaired) electrons. The summed E-state index contributed by atoms with van der Waals surface area (Å²) in [5.74, 6) is -0.439. The molecule has 2 heterocycles. The zero-order chi connectivity index (χ0) is 10.1. The number of carbonyl (C=O) groups excluding carboxylic acids is 1. The van der Waals surface area contributed by atoms with Gasteiger partial charge in [-0.2, -0.15) is 0 Å². The first-order chi connectivity index (χ1) is 6.74. The van der Waals surface area contributed by atoms with Crippen LogP contribution in [-0.4, -0.2) is 10.3 Å². The minimum Gasteiger partial charge on any atom is -0.364 e. The molecule has 0 saturated heterocycles. The number of nitrogens with two attached hydrogens (primary N) is 2. The van der Waals surface area contributed by atoms with E-state index in [2.05, 4.69) is 0 Å². The summed E-state index contributed by atoms with van der Waals surface area (Å²) < 4.78 is 1.75. The summed E-state index contributed by atoms with van der Waals surface area (Å²) in [6.07, 6.45) is 1.80. The third kappa shape index (κ3) is 1.16. The molecule has 2 rings (SSSR count). The van der Waals surface area contributed by atoms with Crippen LogP contribution in [0.5, 0.6) is 0 Å². The first kappa shape index (κ1) is 8.77. The number of amides is 1. The van der Waals surface area contributed by atoms with Gasteiger partial charge >= 0.3 is 0 Å². The third-order valence-corrected chi connectivity index (χ3v) is 2.23. The highest BCUT2D eigenvalue weighted by atomic mass is 16.1. The number of hydrogen-bond acceptors (Lipinski definition) is 2. The number of fused-ring (bicyclic) bond motifs is 1. The van der Waals surface area contributed by atoms with E-state index < -0.39 is 5.91 Å². The number of hydrogen-bond donors (Lipinski definition) is 2. The minimum absolute atomic E-state index is 0.404. The second-order valence-corrected chi connectivity index (χ2v) is 3.08. The van der Waals surface area contributed by atoms with Crippen LogP contribution in [0.25, 0.3) is 5.52 Å². The van der Waals surface area contributed by atoms with Crippen LogP contribution in [0.15, 0.2) is 30.5 Å². The molecule has 4 N–H and O–H groups in total. The van der Waals surface area contributed by atoms with Crippen molar-refractivity contribution >= 4 is 11.4 Å². The zero-order valence-corrected chi connectivity index (χ0v) is 7.60. The summed E-state index contributed by atoms with van der Waals surface area (Å²) in [6.45, 7) is 0.404. The fourth-order valence-electron chi connectivity index (χ4n) is 1.58. The Morgan fingerprint density at radius 2 is 2.21 bits per heavy atom. The molecule has 0 bridgehead atoms. The number of aromatic nitrogens is 1. The summed E-state index contributed by atoms with van der Waals surface area (Å²) >= 11 is 0. The van der Waals surface area contributed by atoms with E-state index in [1.165, 1.54) is 0 Å². The molecule has 2 aromatic rings. The number of nitrogens with zero attached hydrogens (tertiary/aromatic N) is 1. The van der Waals surface area contributed by atoms with E-state index in [9.17, 15) is 4.79 Å². The van der Waals surface area contributed by atoms with Gasteiger partial charge in [-0.05, 0) is 23.8 Å². The third-order valence-electron chi connectivity index (χ3n) is 2.23. The topological polar surface area (TPSA) is 73.5 Å². The molecule has 0 unspecified atom stereocenters. The van der Waals surface area contributed by atoms with Gasteiger partial charge in [-0.25, -0.2) is 0 Å².